The minimum atomic E-state index is -1.09. The van der Waals surface area contributed by atoms with Crippen LogP contribution in [-0.4, -0.2) is 39.8 Å². The molecule has 3 rings (SSSR count). The number of carbonyl (C=O) groups excluding carboxylic acids is 2. The Hall–Kier alpha value is -2.09. The first-order valence-electron chi connectivity index (χ1n) is 11.5. The molecule has 0 N–H and O–H groups in total. The van der Waals surface area contributed by atoms with Crippen molar-refractivity contribution in [1.82, 2.24) is 9.88 Å². The number of aromatic nitrogens is 1. The lowest BCUT2D eigenvalue weighted by Gasteiger charge is -2.45. The monoisotopic (exact) mass is 526 g/mol. The van der Waals surface area contributed by atoms with Crippen LogP contribution in [0.3, 0.4) is 0 Å². The average molecular weight is 527 g/mol. The molecule has 0 bridgehead atoms. The van der Waals surface area contributed by atoms with Gasteiger partial charge in [-0.25, -0.2) is 13.8 Å². The van der Waals surface area contributed by atoms with Crippen LogP contribution in [0.4, 0.5) is 8.78 Å². The fourth-order valence-electron chi connectivity index (χ4n) is 4.55. The van der Waals surface area contributed by atoms with E-state index in [4.69, 9.17) is 27.9 Å². The highest BCUT2D eigenvalue weighted by molar-refractivity contribution is 6.30. The minimum absolute atomic E-state index is 0.0205. The third kappa shape index (κ3) is 6.38. The van der Waals surface area contributed by atoms with Gasteiger partial charge in [-0.1, -0.05) is 35.3 Å². The standard InChI is InChI=1S/C26H30Cl2F2N2O3/c1-15-12-26(24(34)35-25(3,4)5,13-20-23(30)18(16(2)33)11-21(28)31-20)9-10-32(15)14-17-7-6-8-19(27)22(17)29/h6-8,11,15H,9-10,12-14H2,1-5H3/t15-,26-/m1/s1. The number of piperidine rings is 1. The zero-order chi connectivity index (χ0) is 26.1. The van der Waals surface area contributed by atoms with E-state index >= 15 is 4.39 Å². The molecule has 35 heavy (non-hydrogen) atoms. The van der Waals surface area contributed by atoms with Crippen molar-refractivity contribution in [3.63, 3.8) is 0 Å². The molecule has 1 saturated heterocycles. The normalized spacial score (nSPS) is 21.1. The van der Waals surface area contributed by atoms with Gasteiger partial charge in [-0.15, -0.1) is 0 Å². The number of hydrogen-bond acceptors (Lipinski definition) is 5. The van der Waals surface area contributed by atoms with Crippen molar-refractivity contribution >= 4 is 35.0 Å². The lowest BCUT2D eigenvalue weighted by molar-refractivity contribution is -0.172. The Kier molecular flexibility index (Phi) is 8.24. The number of carbonyl (C=O) groups is 2. The highest BCUT2D eigenvalue weighted by Gasteiger charge is 2.47. The molecule has 9 heteroatoms. The van der Waals surface area contributed by atoms with Crippen LogP contribution in [0.25, 0.3) is 0 Å². The van der Waals surface area contributed by atoms with E-state index in [-0.39, 0.29) is 33.9 Å². The molecule has 2 atom stereocenters. The second-order valence-corrected chi connectivity index (χ2v) is 11.0. The van der Waals surface area contributed by atoms with Gasteiger partial charge in [0.25, 0.3) is 0 Å². The summed E-state index contributed by atoms with van der Waals surface area (Å²) in [5.74, 6) is -2.18. The molecule has 1 aromatic carbocycles. The first kappa shape index (κ1) is 27.5. The van der Waals surface area contributed by atoms with E-state index in [1.807, 2.05) is 6.92 Å². The Balaban J connectivity index is 1.94. The molecule has 2 heterocycles. The van der Waals surface area contributed by atoms with Gasteiger partial charge in [-0.3, -0.25) is 14.5 Å². The summed E-state index contributed by atoms with van der Waals surface area (Å²) in [5.41, 5.74) is -1.60. The smallest absolute Gasteiger partial charge is 0.313 e. The number of rotatable bonds is 6. The lowest BCUT2D eigenvalue weighted by Crippen LogP contribution is -2.51. The molecule has 0 amide bonds. The largest absolute Gasteiger partial charge is 0.460 e. The molecule has 1 fully saturated rings. The molecule has 1 aliphatic heterocycles. The highest BCUT2D eigenvalue weighted by Crippen LogP contribution is 2.41. The first-order chi connectivity index (χ1) is 16.2. The highest BCUT2D eigenvalue weighted by atomic mass is 35.5. The number of nitrogens with zero attached hydrogens (tertiary/aromatic N) is 2. The molecule has 1 aliphatic rings. The molecule has 1 aromatic heterocycles. The topological polar surface area (TPSA) is 59.5 Å². The van der Waals surface area contributed by atoms with Crippen LogP contribution in [0.5, 0.6) is 0 Å². The zero-order valence-corrected chi connectivity index (χ0v) is 22.1. The van der Waals surface area contributed by atoms with Gasteiger partial charge in [-0.05, 0) is 66.1 Å². The van der Waals surface area contributed by atoms with E-state index in [9.17, 15) is 14.0 Å². The molecule has 0 spiro atoms. The molecule has 0 saturated carbocycles. The molecule has 2 aromatic rings. The Bertz CT molecular complexity index is 1140. The molecule has 0 aliphatic carbocycles. The van der Waals surface area contributed by atoms with Crippen molar-refractivity contribution in [3.8, 4) is 0 Å². The number of esters is 1. The first-order valence-corrected chi connectivity index (χ1v) is 12.2. The van der Waals surface area contributed by atoms with Crippen LogP contribution in [0.15, 0.2) is 24.3 Å². The van der Waals surface area contributed by atoms with Gasteiger partial charge >= 0.3 is 5.97 Å². The Morgan fingerprint density at radius 1 is 1.23 bits per heavy atom. The van der Waals surface area contributed by atoms with Gasteiger partial charge < -0.3 is 4.74 Å². The maximum atomic E-state index is 15.2. The maximum Gasteiger partial charge on any atom is 0.313 e. The minimum Gasteiger partial charge on any atom is -0.460 e. The average Bonchev–Trinajstić information content (AvgIpc) is 2.74. The third-order valence-electron chi connectivity index (χ3n) is 6.30. The number of halogens is 4. The zero-order valence-electron chi connectivity index (χ0n) is 20.6. The Morgan fingerprint density at radius 2 is 1.91 bits per heavy atom. The summed E-state index contributed by atoms with van der Waals surface area (Å²) in [7, 11) is 0. The Morgan fingerprint density at radius 3 is 2.51 bits per heavy atom. The van der Waals surface area contributed by atoms with Crippen LogP contribution in [-0.2, 0) is 22.5 Å². The van der Waals surface area contributed by atoms with E-state index in [1.165, 1.54) is 19.1 Å². The van der Waals surface area contributed by atoms with Crippen molar-refractivity contribution in [1.29, 1.82) is 0 Å². The van der Waals surface area contributed by atoms with E-state index in [0.717, 1.165) is 0 Å². The lowest BCUT2D eigenvalue weighted by atomic mass is 9.71. The fraction of sp³-hybridized carbons (Fsp3) is 0.500. The SMILES string of the molecule is CC(=O)c1cc(Cl)nc(C[C@@]2(C(=O)OC(C)(C)C)CCN(Cc3cccc(Cl)c3F)[C@H](C)C2)c1F. The second kappa shape index (κ2) is 10.5. The van der Waals surface area contributed by atoms with Gasteiger partial charge in [0.1, 0.15) is 16.6 Å². The summed E-state index contributed by atoms with van der Waals surface area (Å²) in [5, 5.41) is 0.0342. The second-order valence-electron chi connectivity index (χ2n) is 10.3. The fourth-order valence-corrected chi connectivity index (χ4v) is 4.95. The number of Topliss-reactive ketones (excluding diaryl/α,β-unsaturated/α-hetero) is 1. The number of benzene rings is 1. The number of ketones is 1. The van der Waals surface area contributed by atoms with Crippen LogP contribution in [0, 0.1) is 17.0 Å². The van der Waals surface area contributed by atoms with E-state index in [1.54, 1.807) is 32.9 Å². The van der Waals surface area contributed by atoms with Gasteiger partial charge in [0.2, 0.25) is 0 Å². The van der Waals surface area contributed by atoms with E-state index < -0.39 is 34.4 Å². The van der Waals surface area contributed by atoms with E-state index in [0.29, 0.717) is 31.5 Å². The van der Waals surface area contributed by atoms with Crippen molar-refractivity contribution in [2.24, 2.45) is 5.41 Å². The van der Waals surface area contributed by atoms with Crippen molar-refractivity contribution in [2.45, 2.75) is 72.1 Å². The van der Waals surface area contributed by atoms with Crippen LogP contribution in [0.2, 0.25) is 10.2 Å². The third-order valence-corrected chi connectivity index (χ3v) is 6.79. The van der Waals surface area contributed by atoms with Crippen LogP contribution < -0.4 is 0 Å². The summed E-state index contributed by atoms with van der Waals surface area (Å²) in [6.45, 7) is 9.24. The van der Waals surface area contributed by atoms with Crippen molar-refractivity contribution in [2.75, 3.05) is 6.54 Å². The summed E-state index contributed by atoms with van der Waals surface area (Å²) < 4.78 is 35.5. The summed E-state index contributed by atoms with van der Waals surface area (Å²) in [4.78, 5) is 31.6. The van der Waals surface area contributed by atoms with Crippen LogP contribution >= 0.6 is 23.2 Å². The number of pyridine rings is 1. The molecular formula is C26H30Cl2F2N2O3. The summed E-state index contributed by atoms with van der Waals surface area (Å²) in [6, 6.07) is 5.89. The van der Waals surface area contributed by atoms with Gasteiger partial charge in [0, 0.05) is 24.6 Å². The Labute approximate surface area is 214 Å². The number of hydrogen-bond donors (Lipinski definition) is 0. The number of likely N-dealkylation sites (tertiary alicyclic amines) is 1. The maximum absolute atomic E-state index is 15.2. The molecule has 0 unspecified atom stereocenters. The van der Waals surface area contributed by atoms with E-state index in [2.05, 4.69) is 9.88 Å². The van der Waals surface area contributed by atoms with Gasteiger partial charge in [0.15, 0.2) is 11.6 Å². The molecular weight excluding hydrogens is 497 g/mol. The summed E-state index contributed by atoms with van der Waals surface area (Å²) >= 11 is 12.0. The molecule has 0 radical (unpaired) electrons. The van der Waals surface area contributed by atoms with Crippen molar-refractivity contribution in [3.05, 3.63) is 62.9 Å². The predicted molar refractivity (Wildman–Crippen MR) is 132 cm³/mol. The predicted octanol–water partition coefficient (Wildman–Crippen LogP) is 6.42. The van der Waals surface area contributed by atoms with Crippen molar-refractivity contribution < 1.29 is 23.1 Å². The summed E-state index contributed by atoms with van der Waals surface area (Å²) in [6.07, 6.45) is 0.586. The molecule has 5 nitrogen and oxygen atoms in total. The molecule has 190 valence electrons. The van der Waals surface area contributed by atoms with Gasteiger partial charge in [0.05, 0.1) is 21.7 Å². The number of ether oxygens (including phenoxy) is 1. The van der Waals surface area contributed by atoms with Gasteiger partial charge in [-0.2, -0.15) is 0 Å². The van der Waals surface area contributed by atoms with Crippen LogP contribution in [0.1, 0.15) is 69.1 Å². The quantitative estimate of drug-likeness (QED) is 0.246.